The van der Waals surface area contributed by atoms with Gasteiger partial charge in [0.15, 0.2) is 0 Å². The predicted molar refractivity (Wildman–Crippen MR) is 127 cm³/mol. The van der Waals surface area contributed by atoms with E-state index < -0.39 is 11.4 Å². The third-order valence-electron chi connectivity index (χ3n) is 8.25. The average molecular weight is 453 g/mol. The zero-order valence-electron chi connectivity index (χ0n) is 19.2. The number of aryl methyl sites for hydroxylation is 2. The van der Waals surface area contributed by atoms with Gasteiger partial charge in [0, 0.05) is 22.5 Å². The standard InChI is InChI=1S/C26H29ClN2O3/c1-16-6-11-20(14-17(16)2)28-23(31)26-13-12-25(5,24(26,3)4)21(15-26)29-32-22(30)18-7-9-19(27)10-8-18/h6-11,14H,12-13,15H2,1-5H3,(H,28,31)/b29-21-. The minimum atomic E-state index is -0.605. The number of carbonyl (C=O) groups is 2. The van der Waals surface area contributed by atoms with Crippen molar-refractivity contribution >= 4 is 34.9 Å². The summed E-state index contributed by atoms with van der Waals surface area (Å²) >= 11 is 5.89. The van der Waals surface area contributed by atoms with Crippen molar-refractivity contribution in [1.82, 2.24) is 0 Å². The molecular weight excluding hydrogens is 424 g/mol. The minimum absolute atomic E-state index is 0.00343. The molecule has 2 aliphatic rings. The molecule has 4 rings (SSSR count). The molecule has 0 spiro atoms. The lowest BCUT2D eigenvalue weighted by Gasteiger charge is -2.39. The lowest BCUT2D eigenvalue weighted by Crippen LogP contribution is -2.43. The lowest BCUT2D eigenvalue weighted by atomic mass is 9.64. The normalized spacial score (nSPS) is 26.9. The quantitative estimate of drug-likeness (QED) is 0.435. The first kappa shape index (κ1) is 22.5. The van der Waals surface area contributed by atoms with Crippen LogP contribution in [0.1, 0.15) is 61.5 Å². The molecule has 2 fully saturated rings. The van der Waals surface area contributed by atoms with Crippen LogP contribution in [0, 0.1) is 30.1 Å². The second-order valence-electron chi connectivity index (χ2n) is 9.89. The molecule has 1 N–H and O–H groups in total. The Balaban J connectivity index is 1.58. The van der Waals surface area contributed by atoms with Crippen LogP contribution in [0.4, 0.5) is 5.69 Å². The first-order valence-electron chi connectivity index (χ1n) is 10.9. The van der Waals surface area contributed by atoms with Crippen LogP contribution in [0.5, 0.6) is 0 Å². The van der Waals surface area contributed by atoms with Crippen molar-refractivity contribution in [1.29, 1.82) is 0 Å². The van der Waals surface area contributed by atoms with Crippen LogP contribution in [0.15, 0.2) is 47.6 Å². The number of nitrogens with one attached hydrogen (secondary N) is 1. The van der Waals surface area contributed by atoms with Crippen molar-refractivity contribution in [2.24, 2.45) is 21.4 Å². The number of hydrogen-bond donors (Lipinski definition) is 1. The van der Waals surface area contributed by atoms with Crippen LogP contribution < -0.4 is 5.32 Å². The van der Waals surface area contributed by atoms with Gasteiger partial charge in [-0.25, -0.2) is 4.79 Å². The largest absolute Gasteiger partial charge is 0.365 e. The van der Waals surface area contributed by atoms with Crippen molar-refractivity contribution in [3.05, 3.63) is 64.2 Å². The maximum absolute atomic E-state index is 13.6. The highest BCUT2D eigenvalue weighted by atomic mass is 35.5. The third kappa shape index (κ3) is 3.34. The fourth-order valence-corrected chi connectivity index (χ4v) is 5.45. The van der Waals surface area contributed by atoms with Gasteiger partial charge in [-0.3, -0.25) is 4.79 Å². The van der Waals surface area contributed by atoms with Gasteiger partial charge in [-0.2, -0.15) is 0 Å². The number of oxime groups is 1. The topological polar surface area (TPSA) is 67.8 Å². The Morgan fingerprint density at radius 2 is 1.69 bits per heavy atom. The predicted octanol–water partition coefficient (Wildman–Crippen LogP) is 6.32. The first-order chi connectivity index (χ1) is 15.0. The van der Waals surface area contributed by atoms with E-state index in [2.05, 4.69) is 38.2 Å². The monoisotopic (exact) mass is 452 g/mol. The molecule has 2 bridgehead atoms. The Morgan fingerprint density at radius 3 is 2.34 bits per heavy atom. The summed E-state index contributed by atoms with van der Waals surface area (Å²) in [6.07, 6.45) is 2.07. The molecule has 0 aromatic heterocycles. The lowest BCUT2D eigenvalue weighted by molar-refractivity contribution is -0.130. The molecular formula is C26H29ClN2O3. The third-order valence-corrected chi connectivity index (χ3v) is 8.50. The van der Waals surface area contributed by atoms with Crippen LogP contribution >= 0.6 is 11.6 Å². The van der Waals surface area contributed by atoms with Gasteiger partial charge in [0.1, 0.15) is 0 Å². The smallest absolute Gasteiger partial charge is 0.326 e. The first-order valence-corrected chi connectivity index (χ1v) is 11.3. The molecule has 0 saturated heterocycles. The molecule has 2 saturated carbocycles. The van der Waals surface area contributed by atoms with Crippen LogP contribution in [-0.4, -0.2) is 17.6 Å². The van der Waals surface area contributed by atoms with E-state index in [4.69, 9.17) is 16.4 Å². The number of fused-ring (bicyclic) bond motifs is 2. The number of amides is 1. The minimum Gasteiger partial charge on any atom is -0.326 e. The van der Waals surface area contributed by atoms with Gasteiger partial charge in [0.05, 0.1) is 16.7 Å². The fraction of sp³-hybridized carbons (Fsp3) is 0.423. The average Bonchev–Trinajstić information content (AvgIpc) is 3.06. The Kier molecular flexibility index (Phi) is 5.44. The van der Waals surface area contributed by atoms with E-state index in [0.717, 1.165) is 29.8 Å². The Morgan fingerprint density at radius 1 is 1.00 bits per heavy atom. The molecule has 6 heteroatoms. The highest BCUT2D eigenvalue weighted by Crippen LogP contribution is 2.71. The summed E-state index contributed by atoms with van der Waals surface area (Å²) < 4.78 is 0. The molecule has 0 aliphatic heterocycles. The number of rotatable bonds is 4. The highest BCUT2D eigenvalue weighted by Gasteiger charge is 2.71. The summed E-state index contributed by atoms with van der Waals surface area (Å²) in [5, 5.41) is 7.98. The van der Waals surface area contributed by atoms with Gasteiger partial charge >= 0.3 is 5.97 Å². The summed E-state index contributed by atoms with van der Waals surface area (Å²) in [4.78, 5) is 31.4. The van der Waals surface area contributed by atoms with E-state index >= 15 is 0 Å². The highest BCUT2D eigenvalue weighted by molar-refractivity contribution is 6.30. The van der Waals surface area contributed by atoms with Crippen molar-refractivity contribution in [3.63, 3.8) is 0 Å². The van der Waals surface area contributed by atoms with E-state index in [1.807, 2.05) is 25.1 Å². The number of carbonyl (C=O) groups excluding carboxylic acids is 2. The number of halogens is 1. The van der Waals surface area contributed by atoms with Crippen LogP contribution in [-0.2, 0) is 9.63 Å². The Labute approximate surface area is 194 Å². The molecule has 2 aliphatic carbocycles. The van der Waals surface area contributed by atoms with Crippen LogP contribution in [0.25, 0.3) is 0 Å². The molecule has 0 radical (unpaired) electrons. The molecule has 1 amide bonds. The second kappa shape index (κ2) is 7.73. The van der Waals surface area contributed by atoms with Gasteiger partial charge < -0.3 is 10.2 Å². The zero-order chi connectivity index (χ0) is 23.3. The molecule has 0 heterocycles. The molecule has 32 heavy (non-hydrogen) atoms. The Hall–Kier alpha value is -2.66. The summed E-state index contributed by atoms with van der Waals surface area (Å²) in [6, 6.07) is 12.5. The summed E-state index contributed by atoms with van der Waals surface area (Å²) in [5.74, 6) is -0.532. The molecule has 2 aromatic rings. The van der Waals surface area contributed by atoms with E-state index in [9.17, 15) is 9.59 Å². The molecule has 2 atom stereocenters. The van der Waals surface area contributed by atoms with Crippen LogP contribution in [0.2, 0.25) is 5.02 Å². The second-order valence-corrected chi connectivity index (χ2v) is 10.3. The maximum Gasteiger partial charge on any atom is 0.365 e. The Bertz CT molecular complexity index is 1120. The van der Waals surface area contributed by atoms with Gasteiger partial charge in [0.25, 0.3) is 0 Å². The van der Waals surface area contributed by atoms with E-state index in [1.165, 1.54) is 5.56 Å². The number of hydrogen-bond acceptors (Lipinski definition) is 4. The maximum atomic E-state index is 13.6. The summed E-state index contributed by atoms with van der Waals surface area (Å²) in [6.45, 7) is 10.5. The number of nitrogens with zero attached hydrogens (tertiary/aromatic N) is 1. The van der Waals surface area contributed by atoms with Gasteiger partial charge in [-0.05, 0) is 79.6 Å². The molecule has 2 aromatic carbocycles. The summed E-state index contributed by atoms with van der Waals surface area (Å²) in [7, 11) is 0. The molecule has 2 unspecified atom stereocenters. The van der Waals surface area contributed by atoms with Crippen molar-refractivity contribution < 1.29 is 14.4 Å². The van der Waals surface area contributed by atoms with Crippen molar-refractivity contribution in [2.75, 3.05) is 5.32 Å². The van der Waals surface area contributed by atoms with Gasteiger partial charge in [-0.1, -0.05) is 43.6 Å². The van der Waals surface area contributed by atoms with Crippen LogP contribution in [0.3, 0.4) is 0 Å². The molecule has 5 nitrogen and oxygen atoms in total. The van der Waals surface area contributed by atoms with E-state index in [0.29, 0.717) is 17.0 Å². The zero-order valence-corrected chi connectivity index (χ0v) is 20.0. The van der Waals surface area contributed by atoms with Crippen molar-refractivity contribution in [2.45, 2.75) is 53.9 Å². The van der Waals surface area contributed by atoms with Gasteiger partial charge in [-0.15, -0.1) is 0 Å². The molecule has 168 valence electrons. The van der Waals surface area contributed by atoms with E-state index in [1.54, 1.807) is 24.3 Å². The number of benzene rings is 2. The summed E-state index contributed by atoms with van der Waals surface area (Å²) in [5.41, 5.74) is 3.01. The van der Waals surface area contributed by atoms with Gasteiger partial charge in [0.2, 0.25) is 5.91 Å². The SMILES string of the molecule is Cc1ccc(NC(=O)C23CCC(C)(/C(=N\OC(=O)c4ccc(Cl)cc4)C2)C3(C)C)cc1C. The number of anilines is 1. The van der Waals surface area contributed by atoms with E-state index in [-0.39, 0.29) is 16.7 Å². The van der Waals surface area contributed by atoms with Crippen molar-refractivity contribution in [3.8, 4) is 0 Å². The fourth-order valence-electron chi connectivity index (χ4n) is 5.33.